The summed E-state index contributed by atoms with van der Waals surface area (Å²) in [6.07, 6.45) is 9.41. The molecule has 0 unspecified atom stereocenters. The molecule has 0 aromatic heterocycles. The van der Waals surface area contributed by atoms with Crippen LogP contribution in [0.15, 0.2) is 59.2 Å². The largest absolute Gasteiger partial charge is 0.370 e. The summed E-state index contributed by atoms with van der Waals surface area (Å²) >= 11 is 13.5. The van der Waals surface area contributed by atoms with Crippen LogP contribution in [0.1, 0.15) is 46.5 Å². The van der Waals surface area contributed by atoms with E-state index in [9.17, 15) is 4.79 Å². The van der Waals surface area contributed by atoms with Gasteiger partial charge in [0, 0.05) is 23.8 Å². The van der Waals surface area contributed by atoms with Crippen molar-refractivity contribution in [3.63, 3.8) is 0 Å². The minimum Gasteiger partial charge on any atom is -0.370 e. The SMILES string of the molecule is C/C=C(C)\N=C(\C)N(C=O)c1ccc(N2CCC(C[C@@H]3CC=c4ccccc4=C3Cl)CC2)c(Cl)c1. The van der Waals surface area contributed by atoms with Gasteiger partial charge in [0.25, 0.3) is 0 Å². The summed E-state index contributed by atoms with van der Waals surface area (Å²) in [4.78, 5) is 20.1. The van der Waals surface area contributed by atoms with E-state index in [1.807, 2.05) is 45.0 Å². The average molecular weight is 511 g/mol. The molecule has 1 heterocycles. The standard InChI is InChI=1S/C29H33Cl2N3O/c1-4-20(2)32-21(3)34(19-35)25-11-12-28(27(30)18-25)33-15-13-22(14-16-33)17-24-10-9-23-7-5-6-8-26(23)29(24)31/h4-9,11-12,18-19,22,24H,10,13-17H2,1-3H3/b20-4-,32-21-/t24-/m0/s1. The summed E-state index contributed by atoms with van der Waals surface area (Å²) in [5.41, 5.74) is 2.59. The van der Waals surface area contributed by atoms with E-state index in [1.54, 1.807) is 0 Å². The zero-order valence-electron chi connectivity index (χ0n) is 20.7. The van der Waals surface area contributed by atoms with Gasteiger partial charge in [-0.3, -0.25) is 9.69 Å². The Morgan fingerprint density at radius 3 is 2.57 bits per heavy atom. The second-order valence-electron chi connectivity index (χ2n) is 9.44. The maximum Gasteiger partial charge on any atom is 0.219 e. The van der Waals surface area contributed by atoms with Crippen LogP contribution in [0.25, 0.3) is 11.1 Å². The number of fused-ring (bicyclic) bond motifs is 1. The van der Waals surface area contributed by atoms with E-state index in [-0.39, 0.29) is 0 Å². The molecule has 1 aliphatic heterocycles. The predicted octanol–water partition coefficient (Wildman–Crippen LogP) is 6.10. The molecule has 0 N–H and O–H groups in total. The van der Waals surface area contributed by atoms with Gasteiger partial charge in [-0.25, -0.2) is 4.99 Å². The highest BCUT2D eigenvalue weighted by molar-refractivity contribution is 6.45. The monoisotopic (exact) mass is 509 g/mol. The van der Waals surface area contributed by atoms with Crippen LogP contribution in [0.5, 0.6) is 0 Å². The number of rotatable bonds is 6. The Morgan fingerprint density at radius 1 is 1.14 bits per heavy atom. The fourth-order valence-corrected chi connectivity index (χ4v) is 5.74. The second-order valence-corrected chi connectivity index (χ2v) is 10.3. The Kier molecular flexibility index (Phi) is 8.35. The summed E-state index contributed by atoms with van der Waals surface area (Å²) in [7, 11) is 0. The third-order valence-corrected chi connectivity index (χ3v) is 8.01. The first kappa shape index (κ1) is 25.5. The maximum atomic E-state index is 11.8. The number of hydrogen-bond donors (Lipinski definition) is 0. The number of hydrogen-bond acceptors (Lipinski definition) is 3. The van der Waals surface area contributed by atoms with E-state index in [0.717, 1.165) is 61.6 Å². The molecule has 0 spiro atoms. The number of amides is 1. The second kappa shape index (κ2) is 11.5. The summed E-state index contributed by atoms with van der Waals surface area (Å²) in [6.45, 7) is 7.58. The Bertz CT molecular complexity index is 1260. The molecular formula is C29H33Cl2N3O. The Morgan fingerprint density at radius 2 is 1.89 bits per heavy atom. The van der Waals surface area contributed by atoms with Crippen molar-refractivity contribution in [2.24, 2.45) is 16.8 Å². The van der Waals surface area contributed by atoms with Crippen molar-refractivity contribution in [3.05, 3.63) is 69.7 Å². The van der Waals surface area contributed by atoms with Gasteiger partial charge in [0.05, 0.1) is 16.4 Å². The lowest BCUT2D eigenvalue weighted by molar-refractivity contribution is -0.106. The first-order valence-corrected chi connectivity index (χ1v) is 13.1. The molecule has 1 atom stereocenters. The van der Waals surface area contributed by atoms with Gasteiger partial charge in [0.2, 0.25) is 6.41 Å². The smallest absolute Gasteiger partial charge is 0.219 e. The highest BCUT2D eigenvalue weighted by Gasteiger charge is 2.26. The highest BCUT2D eigenvalue weighted by Crippen LogP contribution is 2.36. The minimum absolute atomic E-state index is 0.413. The van der Waals surface area contributed by atoms with Crippen LogP contribution in [0.4, 0.5) is 11.4 Å². The van der Waals surface area contributed by atoms with Crippen LogP contribution in [0, 0.1) is 11.8 Å². The number of piperidine rings is 1. The third kappa shape index (κ3) is 5.82. The topological polar surface area (TPSA) is 35.9 Å². The molecule has 184 valence electrons. The molecule has 2 aromatic carbocycles. The zero-order chi connectivity index (χ0) is 24.9. The fourth-order valence-electron chi connectivity index (χ4n) is 5.10. The van der Waals surface area contributed by atoms with Gasteiger partial charge >= 0.3 is 0 Å². The molecule has 4 rings (SSSR count). The molecule has 1 saturated heterocycles. The molecule has 1 amide bonds. The lowest BCUT2D eigenvalue weighted by atomic mass is 9.83. The number of nitrogens with zero attached hydrogens (tertiary/aromatic N) is 3. The first-order valence-electron chi connectivity index (χ1n) is 12.3. The molecule has 2 aliphatic rings. The van der Waals surface area contributed by atoms with Crippen LogP contribution in [-0.4, -0.2) is 25.3 Å². The van der Waals surface area contributed by atoms with Crippen molar-refractivity contribution in [1.29, 1.82) is 0 Å². The van der Waals surface area contributed by atoms with E-state index in [1.165, 1.54) is 15.3 Å². The van der Waals surface area contributed by atoms with E-state index in [4.69, 9.17) is 23.2 Å². The molecule has 35 heavy (non-hydrogen) atoms. The molecule has 0 saturated carbocycles. The number of benzene rings is 2. The van der Waals surface area contributed by atoms with Gasteiger partial charge in [-0.15, -0.1) is 0 Å². The number of allylic oxidation sites excluding steroid dienone is 2. The molecule has 2 aromatic rings. The average Bonchev–Trinajstić information content (AvgIpc) is 2.87. The zero-order valence-corrected chi connectivity index (χ0v) is 22.2. The van der Waals surface area contributed by atoms with Crippen molar-refractivity contribution < 1.29 is 4.79 Å². The van der Waals surface area contributed by atoms with Gasteiger partial charge in [0.1, 0.15) is 5.84 Å². The van der Waals surface area contributed by atoms with Gasteiger partial charge in [-0.2, -0.15) is 0 Å². The van der Waals surface area contributed by atoms with Crippen LogP contribution in [0.2, 0.25) is 5.02 Å². The van der Waals surface area contributed by atoms with Crippen molar-refractivity contribution in [1.82, 2.24) is 0 Å². The minimum atomic E-state index is 0.413. The van der Waals surface area contributed by atoms with Gasteiger partial charge in [-0.05, 0) is 86.9 Å². The molecule has 0 bridgehead atoms. The van der Waals surface area contributed by atoms with E-state index in [0.29, 0.717) is 28.4 Å². The van der Waals surface area contributed by atoms with Gasteiger partial charge in [0.15, 0.2) is 0 Å². The number of aliphatic imine (C=N–C) groups is 1. The maximum absolute atomic E-state index is 11.8. The Labute approximate surface area is 218 Å². The predicted molar refractivity (Wildman–Crippen MR) is 150 cm³/mol. The lowest BCUT2D eigenvalue weighted by Crippen LogP contribution is -2.36. The Balaban J connectivity index is 1.40. The lowest BCUT2D eigenvalue weighted by Gasteiger charge is -2.36. The Hall–Kier alpha value is -2.56. The van der Waals surface area contributed by atoms with Gasteiger partial charge in [-0.1, -0.05) is 59.6 Å². The fraction of sp³-hybridized carbons (Fsp3) is 0.379. The van der Waals surface area contributed by atoms with E-state index < -0.39 is 0 Å². The highest BCUT2D eigenvalue weighted by atomic mass is 35.5. The molecular weight excluding hydrogens is 477 g/mol. The summed E-state index contributed by atoms with van der Waals surface area (Å²) in [5, 5.41) is 4.12. The number of halogens is 2. The van der Waals surface area contributed by atoms with Crippen molar-refractivity contribution in [2.75, 3.05) is 22.9 Å². The molecule has 4 nitrogen and oxygen atoms in total. The number of anilines is 2. The summed E-state index contributed by atoms with van der Waals surface area (Å²) < 4.78 is 0. The quantitative estimate of drug-likeness (QED) is 0.268. The van der Waals surface area contributed by atoms with Crippen LogP contribution >= 0.6 is 23.2 Å². The summed E-state index contributed by atoms with van der Waals surface area (Å²) in [5.74, 6) is 1.68. The molecule has 1 aliphatic carbocycles. The normalized spacial score (nSPS) is 19.3. The third-order valence-electron chi connectivity index (χ3n) is 7.19. The summed E-state index contributed by atoms with van der Waals surface area (Å²) in [6, 6.07) is 14.2. The molecule has 0 radical (unpaired) electrons. The first-order chi connectivity index (χ1) is 16.9. The van der Waals surface area contributed by atoms with Crippen molar-refractivity contribution >= 4 is 57.9 Å². The van der Waals surface area contributed by atoms with Gasteiger partial charge < -0.3 is 4.90 Å². The van der Waals surface area contributed by atoms with Crippen molar-refractivity contribution in [2.45, 2.75) is 46.5 Å². The molecule has 6 heteroatoms. The number of carbonyl (C=O) groups is 1. The van der Waals surface area contributed by atoms with Crippen LogP contribution < -0.4 is 20.2 Å². The van der Waals surface area contributed by atoms with E-state index in [2.05, 4.69) is 40.2 Å². The number of carbonyl (C=O) groups excluding carboxylic acids is 1. The van der Waals surface area contributed by atoms with Crippen LogP contribution in [-0.2, 0) is 4.79 Å². The molecule has 1 fully saturated rings. The number of amidine groups is 1. The van der Waals surface area contributed by atoms with Crippen LogP contribution in [0.3, 0.4) is 0 Å². The van der Waals surface area contributed by atoms with E-state index >= 15 is 0 Å². The van der Waals surface area contributed by atoms with Crippen molar-refractivity contribution in [3.8, 4) is 0 Å².